The Labute approximate surface area is 277 Å². The van der Waals surface area contributed by atoms with Gasteiger partial charge in [0, 0.05) is 48.5 Å². The van der Waals surface area contributed by atoms with Crippen molar-refractivity contribution in [2.24, 2.45) is 0 Å². The number of ether oxygens (including phenoxy) is 1. The number of hydrogen-bond acceptors (Lipinski definition) is 8. The zero-order valence-electron chi connectivity index (χ0n) is 26.8. The third kappa shape index (κ3) is 4.86. The number of rotatable bonds is 7. The number of phenolic OH excluding ortho intramolecular Hbond substituents is 1. The van der Waals surface area contributed by atoms with Gasteiger partial charge in [-0.1, -0.05) is 30.3 Å². The number of fused-ring (bicyclic) bond motifs is 5. The number of amides is 1. The predicted molar refractivity (Wildman–Crippen MR) is 180 cm³/mol. The molecule has 4 aliphatic rings. The third-order valence-corrected chi connectivity index (χ3v) is 11.1. The lowest BCUT2D eigenvalue weighted by atomic mass is 9.95. The van der Waals surface area contributed by atoms with Crippen molar-refractivity contribution in [3.63, 3.8) is 0 Å². The summed E-state index contributed by atoms with van der Waals surface area (Å²) in [5, 5.41) is 12.8. The van der Waals surface area contributed by atoms with E-state index in [-0.39, 0.29) is 47.4 Å². The summed E-state index contributed by atoms with van der Waals surface area (Å²) >= 11 is 0. The summed E-state index contributed by atoms with van der Waals surface area (Å²) < 4.78 is 25.1. The maximum Gasteiger partial charge on any atom is 0.319 e. The van der Waals surface area contributed by atoms with E-state index in [0.717, 1.165) is 62.4 Å². The number of phenols is 1. The van der Waals surface area contributed by atoms with Gasteiger partial charge in [-0.15, -0.1) is 0 Å². The topological polar surface area (TPSA) is 99.9 Å². The van der Waals surface area contributed by atoms with E-state index in [4.69, 9.17) is 14.7 Å². The van der Waals surface area contributed by atoms with Crippen LogP contribution < -0.4 is 9.64 Å². The van der Waals surface area contributed by atoms with Crippen LogP contribution in [0.2, 0.25) is 0 Å². The Bertz CT molecular complexity index is 2010. The minimum atomic E-state index is -0.476. The average molecular weight is 648 g/mol. The first-order valence-electron chi connectivity index (χ1n) is 17.1. The third-order valence-electron chi connectivity index (χ3n) is 11.1. The number of carbonyl (C=O) groups excluding carboxylic acids is 1. The van der Waals surface area contributed by atoms with Gasteiger partial charge in [-0.25, -0.2) is 9.37 Å². The number of carbonyl (C=O) groups is 1. The maximum atomic E-state index is 16.9. The summed E-state index contributed by atoms with van der Waals surface area (Å²) in [4.78, 5) is 34.0. The van der Waals surface area contributed by atoms with Gasteiger partial charge in [0.2, 0.25) is 5.91 Å². The van der Waals surface area contributed by atoms with Gasteiger partial charge in [0.1, 0.15) is 30.2 Å². The van der Waals surface area contributed by atoms with Gasteiger partial charge in [-0.2, -0.15) is 9.97 Å². The number of anilines is 1. The number of aromatic nitrogens is 4. The number of aromatic hydroxyl groups is 1. The van der Waals surface area contributed by atoms with Gasteiger partial charge in [-0.3, -0.25) is 9.69 Å². The molecule has 48 heavy (non-hydrogen) atoms. The van der Waals surface area contributed by atoms with Crippen LogP contribution in [0.5, 0.6) is 11.8 Å². The Kier molecular flexibility index (Phi) is 7.00. The molecule has 4 fully saturated rings. The lowest BCUT2D eigenvalue weighted by Crippen LogP contribution is -2.56. The van der Waals surface area contributed by atoms with Crippen molar-refractivity contribution in [1.82, 2.24) is 29.3 Å². The zero-order chi connectivity index (χ0) is 32.4. The largest absolute Gasteiger partial charge is 0.508 e. The fourth-order valence-electron chi connectivity index (χ4n) is 8.92. The monoisotopic (exact) mass is 647 g/mol. The fourth-order valence-corrected chi connectivity index (χ4v) is 8.92. The molecule has 2 unspecified atom stereocenters. The molecule has 10 nitrogen and oxygen atoms in total. The highest BCUT2D eigenvalue weighted by atomic mass is 19.1. The molecule has 1 amide bonds. The Hall–Kier alpha value is -4.77. The van der Waals surface area contributed by atoms with Crippen LogP contribution in [0.4, 0.5) is 10.2 Å². The number of nitrogens with zero attached hydrogens (tertiary/aromatic N) is 7. The molecule has 5 aromatic rings. The van der Waals surface area contributed by atoms with E-state index in [9.17, 15) is 9.90 Å². The molecule has 4 saturated heterocycles. The van der Waals surface area contributed by atoms with Crippen LogP contribution in [0.1, 0.15) is 38.5 Å². The lowest BCUT2D eigenvalue weighted by molar-refractivity contribution is -0.135. The molecule has 3 aromatic carbocycles. The molecular weight excluding hydrogens is 609 g/mol. The average Bonchev–Trinajstić information content (AvgIpc) is 3.88. The fraction of sp³-hybridized carbons (Fsp3) is 0.405. The van der Waals surface area contributed by atoms with E-state index in [1.54, 1.807) is 35.3 Å². The standard InChI is InChI=1S/C37H38FN7O3/c38-33-29(31-18-27(46)17-24-5-1-2-6-28(24)31)9-10-30-34(33)40-36(48-22-37-11-3-14-44(37)15-4-12-37)41-35(30)43-19-25-7-8-26(20-43)45(25)32(47)21-42-16-13-39-23-42/h1-2,5-6,9-10,13,16-18,23,25-26,46H,3-4,7-8,11-12,14-15,19-22H2. The molecule has 6 heterocycles. The maximum absolute atomic E-state index is 16.9. The Balaban J connectivity index is 1.11. The smallest absolute Gasteiger partial charge is 0.319 e. The Morgan fingerprint density at radius 3 is 2.54 bits per heavy atom. The van der Waals surface area contributed by atoms with Crippen LogP contribution in [-0.2, 0) is 11.3 Å². The van der Waals surface area contributed by atoms with Crippen molar-refractivity contribution < 1.29 is 19.0 Å². The van der Waals surface area contributed by atoms with E-state index in [0.29, 0.717) is 42.0 Å². The highest BCUT2D eigenvalue weighted by Gasteiger charge is 2.46. The molecule has 4 aliphatic heterocycles. The van der Waals surface area contributed by atoms with Gasteiger partial charge in [0.15, 0.2) is 5.82 Å². The molecule has 1 N–H and O–H groups in total. The van der Waals surface area contributed by atoms with Crippen molar-refractivity contribution in [3.8, 4) is 22.9 Å². The second-order valence-electron chi connectivity index (χ2n) is 13.9. The van der Waals surface area contributed by atoms with Crippen molar-refractivity contribution in [2.75, 3.05) is 37.7 Å². The summed E-state index contributed by atoms with van der Waals surface area (Å²) in [6.45, 7) is 4.08. The normalized spacial score (nSPS) is 21.8. The van der Waals surface area contributed by atoms with Gasteiger partial charge in [0.25, 0.3) is 0 Å². The highest BCUT2D eigenvalue weighted by molar-refractivity contribution is 6.01. The number of hydrogen-bond donors (Lipinski definition) is 1. The van der Waals surface area contributed by atoms with E-state index in [1.807, 2.05) is 41.4 Å². The Morgan fingerprint density at radius 2 is 1.77 bits per heavy atom. The number of halogens is 1. The van der Waals surface area contributed by atoms with E-state index < -0.39 is 5.82 Å². The predicted octanol–water partition coefficient (Wildman–Crippen LogP) is 5.38. The molecule has 0 aliphatic carbocycles. The summed E-state index contributed by atoms with van der Waals surface area (Å²) in [5.74, 6) is 0.313. The quantitative estimate of drug-likeness (QED) is 0.252. The molecule has 11 heteroatoms. The summed E-state index contributed by atoms with van der Waals surface area (Å²) in [6.07, 6.45) is 11.4. The highest BCUT2D eigenvalue weighted by Crippen LogP contribution is 2.42. The van der Waals surface area contributed by atoms with Crippen molar-refractivity contribution in [2.45, 2.75) is 62.7 Å². The molecule has 0 radical (unpaired) electrons. The van der Waals surface area contributed by atoms with Crippen LogP contribution >= 0.6 is 0 Å². The van der Waals surface area contributed by atoms with E-state index >= 15 is 4.39 Å². The van der Waals surface area contributed by atoms with Crippen LogP contribution in [0, 0.1) is 5.82 Å². The van der Waals surface area contributed by atoms with Crippen molar-refractivity contribution in [3.05, 3.63) is 73.1 Å². The first-order chi connectivity index (χ1) is 23.5. The molecule has 2 bridgehead atoms. The van der Waals surface area contributed by atoms with Gasteiger partial charge < -0.3 is 24.2 Å². The van der Waals surface area contributed by atoms with Crippen LogP contribution in [0.3, 0.4) is 0 Å². The summed E-state index contributed by atoms with van der Waals surface area (Å²) in [6, 6.07) is 14.8. The van der Waals surface area contributed by atoms with Gasteiger partial charge >= 0.3 is 6.01 Å². The number of imidazole rings is 1. The molecule has 246 valence electrons. The first-order valence-corrected chi connectivity index (χ1v) is 17.1. The SMILES string of the molecule is O=C(Cn1ccnc1)N1C2CCC1CN(c1nc(OCC34CCCN3CCC4)nc3c(F)c(-c4cc(O)cc5ccccc45)ccc13)C2. The van der Waals surface area contributed by atoms with E-state index in [1.165, 1.54) is 0 Å². The molecule has 2 atom stereocenters. The van der Waals surface area contributed by atoms with Crippen LogP contribution in [0.15, 0.2) is 67.3 Å². The zero-order valence-corrected chi connectivity index (χ0v) is 26.8. The second-order valence-corrected chi connectivity index (χ2v) is 13.9. The number of benzene rings is 3. The number of piperazine rings is 1. The molecule has 9 rings (SSSR count). The van der Waals surface area contributed by atoms with Crippen molar-refractivity contribution in [1.29, 1.82) is 0 Å². The lowest BCUT2D eigenvalue weighted by Gasteiger charge is -2.42. The van der Waals surface area contributed by atoms with Crippen LogP contribution in [-0.4, -0.2) is 90.7 Å². The Morgan fingerprint density at radius 1 is 0.979 bits per heavy atom. The summed E-state index contributed by atoms with van der Waals surface area (Å²) in [5.41, 5.74) is 1.14. The van der Waals surface area contributed by atoms with Gasteiger partial charge in [-0.05, 0) is 86.1 Å². The molecule has 2 aromatic heterocycles. The molecular formula is C37H38FN7O3. The summed E-state index contributed by atoms with van der Waals surface area (Å²) in [7, 11) is 0. The minimum Gasteiger partial charge on any atom is -0.508 e. The second kappa shape index (κ2) is 11.4. The van der Waals surface area contributed by atoms with Crippen molar-refractivity contribution >= 4 is 33.4 Å². The first kappa shape index (κ1) is 29.4. The minimum absolute atomic E-state index is 0.0142. The molecule has 0 saturated carbocycles. The molecule has 0 spiro atoms. The van der Waals surface area contributed by atoms with Gasteiger partial charge in [0.05, 0.1) is 11.9 Å². The van der Waals surface area contributed by atoms with E-state index in [2.05, 4.69) is 14.8 Å². The van der Waals surface area contributed by atoms with Crippen LogP contribution in [0.25, 0.3) is 32.8 Å².